The fourth-order valence-electron chi connectivity index (χ4n) is 3.16. The summed E-state index contributed by atoms with van der Waals surface area (Å²) in [7, 11) is 0. The van der Waals surface area contributed by atoms with Crippen LogP contribution in [0, 0.1) is 18.7 Å². The maximum Gasteiger partial charge on any atom is 0.225 e. The molecule has 0 aliphatic carbocycles. The van der Waals surface area contributed by atoms with Gasteiger partial charge in [0.2, 0.25) is 11.8 Å². The lowest BCUT2D eigenvalue weighted by Crippen LogP contribution is -2.35. The van der Waals surface area contributed by atoms with Crippen molar-refractivity contribution in [3.63, 3.8) is 0 Å². The molecule has 27 heavy (non-hydrogen) atoms. The van der Waals surface area contributed by atoms with Gasteiger partial charge in [0.25, 0.3) is 0 Å². The van der Waals surface area contributed by atoms with Crippen molar-refractivity contribution in [1.82, 2.24) is 10.2 Å². The number of carbonyl (C=O) groups is 2. The standard InChI is InChI=1S/C21H23FN2O3/c1-14-2-4-15(5-3-14)12-24-13-17(10-20(24)26)21(27)23-11-19(25)16-6-8-18(22)9-7-16/h2-9,17,19,25H,10-13H2,1H3,(H,23,27). The normalized spacial score (nSPS) is 17.8. The predicted octanol–water partition coefficient (Wildman–Crippen LogP) is 2.33. The maximum absolute atomic E-state index is 12.9. The first kappa shape index (κ1) is 19.0. The Morgan fingerprint density at radius 2 is 1.89 bits per heavy atom. The van der Waals surface area contributed by atoms with Crippen molar-refractivity contribution >= 4 is 11.8 Å². The van der Waals surface area contributed by atoms with Gasteiger partial charge in [-0.3, -0.25) is 9.59 Å². The van der Waals surface area contributed by atoms with E-state index in [-0.39, 0.29) is 30.6 Å². The van der Waals surface area contributed by atoms with Gasteiger partial charge in [-0.25, -0.2) is 4.39 Å². The Morgan fingerprint density at radius 3 is 2.56 bits per heavy atom. The molecule has 6 heteroatoms. The molecule has 1 fully saturated rings. The van der Waals surface area contributed by atoms with Gasteiger partial charge < -0.3 is 15.3 Å². The molecule has 1 heterocycles. The van der Waals surface area contributed by atoms with E-state index < -0.39 is 12.0 Å². The average Bonchev–Trinajstić information content (AvgIpc) is 3.02. The first-order chi connectivity index (χ1) is 12.9. The van der Waals surface area contributed by atoms with Crippen molar-refractivity contribution in [3.05, 3.63) is 71.0 Å². The van der Waals surface area contributed by atoms with Crippen LogP contribution in [-0.2, 0) is 16.1 Å². The molecule has 1 aliphatic rings. The van der Waals surface area contributed by atoms with Crippen LogP contribution in [-0.4, -0.2) is 34.9 Å². The lowest BCUT2D eigenvalue weighted by Gasteiger charge is -2.17. The van der Waals surface area contributed by atoms with Crippen LogP contribution in [0.5, 0.6) is 0 Å². The molecule has 0 bridgehead atoms. The number of benzene rings is 2. The molecule has 0 spiro atoms. The summed E-state index contributed by atoms with van der Waals surface area (Å²) in [6, 6.07) is 13.4. The second-order valence-electron chi connectivity index (χ2n) is 6.97. The van der Waals surface area contributed by atoms with Crippen molar-refractivity contribution in [2.45, 2.75) is 26.0 Å². The molecule has 2 unspecified atom stereocenters. The summed E-state index contributed by atoms with van der Waals surface area (Å²) in [6.45, 7) is 2.88. The lowest BCUT2D eigenvalue weighted by molar-refractivity contribution is -0.129. The van der Waals surface area contributed by atoms with Crippen molar-refractivity contribution in [1.29, 1.82) is 0 Å². The number of carbonyl (C=O) groups excluding carboxylic acids is 2. The minimum atomic E-state index is -0.921. The Bertz CT molecular complexity index is 805. The molecule has 5 nitrogen and oxygen atoms in total. The SMILES string of the molecule is Cc1ccc(CN2CC(C(=O)NCC(O)c3ccc(F)cc3)CC2=O)cc1. The summed E-state index contributed by atoms with van der Waals surface area (Å²) < 4.78 is 12.9. The zero-order chi connectivity index (χ0) is 19.4. The average molecular weight is 370 g/mol. The van der Waals surface area contributed by atoms with Crippen LogP contribution in [0.4, 0.5) is 4.39 Å². The summed E-state index contributed by atoms with van der Waals surface area (Å²) >= 11 is 0. The van der Waals surface area contributed by atoms with E-state index in [1.807, 2.05) is 31.2 Å². The second-order valence-corrected chi connectivity index (χ2v) is 6.97. The van der Waals surface area contributed by atoms with E-state index in [2.05, 4.69) is 5.32 Å². The Kier molecular flexibility index (Phi) is 5.86. The van der Waals surface area contributed by atoms with Gasteiger partial charge >= 0.3 is 0 Å². The molecule has 0 radical (unpaired) electrons. The van der Waals surface area contributed by atoms with E-state index in [0.29, 0.717) is 18.7 Å². The van der Waals surface area contributed by atoms with E-state index >= 15 is 0 Å². The summed E-state index contributed by atoms with van der Waals surface area (Å²) in [5, 5.41) is 12.8. The zero-order valence-corrected chi connectivity index (χ0v) is 15.2. The third-order valence-corrected chi connectivity index (χ3v) is 4.80. The number of nitrogens with one attached hydrogen (secondary N) is 1. The van der Waals surface area contributed by atoms with Gasteiger partial charge in [0.15, 0.2) is 0 Å². The second kappa shape index (κ2) is 8.31. The third kappa shape index (κ3) is 4.92. The molecule has 2 aromatic rings. The van der Waals surface area contributed by atoms with Gasteiger partial charge in [0.05, 0.1) is 12.0 Å². The number of aliphatic hydroxyl groups excluding tert-OH is 1. The van der Waals surface area contributed by atoms with Crippen LogP contribution >= 0.6 is 0 Å². The maximum atomic E-state index is 12.9. The highest BCUT2D eigenvalue weighted by Crippen LogP contribution is 2.21. The molecule has 0 aromatic heterocycles. The first-order valence-electron chi connectivity index (χ1n) is 8.97. The van der Waals surface area contributed by atoms with Crippen LogP contribution in [0.1, 0.15) is 29.2 Å². The van der Waals surface area contributed by atoms with Gasteiger partial charge in [-0.05, 0) is 30.2 Å². The van der Waals surface area contributed by atoms with Crippen molar-refractivity contribution < 1.29 is 19.1 Å². The quantitative estimate of drug-likeness (QED) is 0.820. The molecule has 1 saturated heterocycles. The molecule has 142 valence electrons. The van der Waals surface area contributed by atoms with Gasteiger partial charge in [-0.15, -0.1) is 0 Å². The first-order valence-corrected chi connectivity index (χ1v) is 8.97. The molecular formula is C21H23FN2O3. The molecule has 2 amide bonds. The highest BCUT2D eigenvalue weighted by molar-refractivity contribution is 5.89. The Balaban J connectivity index is 1.51. The van der Waals surface area contributed by atoms with Crippen molar-refractivity contribution in [2.24, 2.45) is 5.92 Å². The molecular weight excluding hydrogens is 347 g/mol. The number of rotatable bonds is 6. The van der Waals surface area contributed by atoms with Crippen LogP contribution in [0.3, 0.4) is 0 Å². The molecule has 2 N–H and O–H groups in total. The number of aliphatic hydroxyl groups is 1. The van der Waals surface area contributed by atoms with E-state index in [1.54, 1.807) is 4.90 Å². The number of halogens is 1. The highest BCUT2D eigenvalue weighted by Gasteiger charge is 2.34. The highest BCUT2D eigenvalue weighted by atomic mass is 19.1. The molecule has 0 saturated carbocycles. The fourth-order valence-corrected chi connectivity index (χ4v) is 3.16. The van der Waals surface area contributed by atoms with Crippen LogP contribution in [0.2, 0.25) is 0 Å². The van der Waals surface area contributed by atoms with E-state index in [9.17, 15) is 19.1 Å². The number of likely N-dealkylation sites (tertiary alicyclic amines) is 1. The summed E-state index contributed by atoms with van der Waals surface area (Å²) in [4.78, 5) is 26.3. The van der Waals surface area contributed by atoms with Crippen LogP contribution in [0.25, 0.3) is 0 Å². The molecule has 2 aromatic carbocycles. The zero-order valence-electron chi connectivity index (χ0n) is 15.2. The van der Waals surface area contributed by atoms with E-state index in [0.717, 1.165) is 11.1 Å². The summed E-state index contributed by atoms with van der Waals surface area (Å²) in [5.74, 6) is -1.11. The topological polar surface area (TPSA) is 69.6 Å². The van der Waals surface area contributed by atoms with Gasteiger partial charge in [0, 0.05) is 26.1 Å². The number of hydrogen-bond donors (Lipinski definition) is 2. The summed E-state index contributed by atoms with van der Waals surface area (Å²) in [6.07, 6.45) is -0.750. The summed E-state index contributed by atoms with van der Waals surface area (Å²) in [5.41, 5.74) is 2.71. The third-order valence-electron chi connectivity index (χ3n) is 4.80. The number of aryl methyl sites for hydroxylation is 1. The predicted molar refractivity (Wildman–Crippen MR) is 99.1 cm³/mol. The number of amides is 2. The Labute approximate surface area is 157 Å². The number of hydrogen-bond acceptors (Lipinski definition) is 3. The minimum Gasteiger partial charge on any atom is -0.387 e. The molecule has 3 rings (SSSR count). The molecule has 2 atom stereocenters. The number of nitrogens with zero attached hydrogens (tertiary/aromatic N) is 1. The fraction of sp³-hybridized carbons (Fsp3) is 0.333. The van der Waals surface area contributed by atoms with Crippen molar-refractivity contribution in [3.8, 4) is 0 Å². The van der Waals surface area contributed by atoms with Gasteiger partial charge in [0.1, 0.15) is 5.82 Å². The van der Waals surface area contributed by atoms with Crippen LogP contribution < -0.4 is 5.32 Å². The van der Waals surface area contributed by atoms with E-state index in [1.165, 1.54) is 24.3 Å². The van der Waals surface area contributed by atoms with E-state index in [4.69, 9.17) is 0 Å². The van der Waals surface area contributed by atoms with Crippen molar-refractivity contribution in [2.75, 3.05) is 13.1 Å². The lowest BCUT2D eigenvalue weighted by atomic mass is 10.1. The Morgan fingerprint density at radius 1 is 1.22 bits per heavy atom. The molecule has 1 aliphatic heterocycles. The smallest absolute Gasteiger partial charge is 0.225 e. The van der Waals surface area contributed by atoms with Crippen LogP contribution in [0.15, 0.2) is 48.5 Å². The van der Waals surface area contributed by atoms with Gasteiger partial charge in [-0.1, -0.05) is 42.0 Å². The Hall–Kier alpha value is -2.73. The minimum absolute atomic E-state index is 0.0210. The van der Waals surface area contributed by atoms with Gasteiger partial charge in [-0.2, -0.15) is 0 Å². The largest absolute Gasteiger partial charge is 0.387 e. The monoisotopic (exact) mass is 370 g/mol.